The molecule has 0 aromatic heterocycles. The maximum absolute atomic E-state index is 12.8. The van der Waals surface area contributed by atoms with Crippen molar-refractivity contribution in [3.63, 3.8) is 0 Å². The molecule has 1 saturated heterocycles. The highest BCUT2D eigenvalue weighted by Gasteiger charge is 2.34. The second-order valence-electron chi connectivity index (χ2n) is 5.32. The Hall–Kier alpha value is -1.70. The van der Waals surface area contributed by atoms with Gasteiger partial charge in [-0.2, -0.15) is 0 Å². The van der Waals surface area contributed by atoms with Gasteiger partial charge in [-0.1, -0.05) is 0 Å². The minimum absolute atomic E-state index is 0.00784. The zero-order valence-electron chi connectivity index (χ0n) is 13.3. The number of hydrogen-bond donors (Lipinski definition) is 1. The van der Waals surface area contributed by atoms with Crippen molar-refractivity contribution in [2.75, 3.05) is 40.6 Å². The monoisotopic (exact) mass is 327 g/mol. The van der Waals surface area contributed by atoms with E-state index in [1.165, 1.54) is 24.3 Å². The summed E-state index contributed by atoms with van der Waals surface area (Å²) in [6.45, 7) is 1.25. The van der Waals surface area contributed by atoms with Crippen LogP contribution in [-0.4, -0.2) is 58.7 Å². The summed E-state index contributed by atoms with van der Waals surface area (Å²) in [5, 5.41) is 2.79. The van der Waals surface area contributed by atoms with Gasteiger partial charge in [0.1, 0.15) is 17.7 Å². The molecule has 1 aliphatic rings. The highest BCUT2D eigenvalue weighted by Crippen LogP contribution is 2.19. The Balaban J connectivity index is 1.75. The van der Waals surface area contributed by atoms with E-state index >= 15 is 0 Å². The van der Waals surface area contributed by atoms with E-state index in [4.69, 9.17) is 18.9 Å². The Morgan fingerprint density at radius 2 is 2.00 bits per heavy atom. The number of methoxy groups -OCH3 is 2. The molecule has 0 aliphatic carbocycles. The van der Waals surface area contributed by atoms with Crippen molar-refractivity contribution in [1.82, 2.24) is 5.32 Å². The molecular weight excluding hydrogens is 305 g/mol. The van der Waals surface area contributed by atoms with Crippen molar-refractivity contribution >= 4 is 5.91 Å². The van der Waals surface area contributed by atoms with E-state index < -0.39 is 0 Å². The van der Waals surface area contributed by atoms with E-state index in [2.05, 4.69) is 5.32 Å². The van der Waals surface area contributed by atoms with E-state index in [1.807, 2.05) is 0 Å². The van der Waals surface area contributed by atoms with E-state index in [9.17, 15) is 9.18 Å². The molecular formula is C16H22FNO5. The molecule has 128 valence electrons. The number of ether oxygens (including phenoxy) is 4. The Morgan fingerprint density at radius 3 is 2.65 bits per heavy atom. The van der Waals surface area contributed by atoms with E-state index in [-0.39, 0.29) is 36.5 Å². The van der Waals surface area contributed by atoms with Gasteiger partial charge in [0, 0.05) is 26.7 Å². The molecule has 1 heterocycles. The molecule has 1 aliphatic heterocycles. The molecule has 6 nitrogen and oxygen atoms in total. The van der Waals surface area contributed by atoms with Crippen molar-refractivity contribution in [2.24, 2.45) is 5.92 Å². The van der Waals surface area contributed by atoms with Crippen LogP contribution in [0.3, 0.4) is 0 Å². The van der Waals surface area contributed by atoms with Crippen LogP contribution in [0.25, 0.3) is 0 Å². The lowest BCUT2D eigenvalue weighted by Crippen LogP contribution is -2.50. The summed E-state index contributed by atoms with van der Waals surface area (Å²) in [5.41, 5.74) is 0. The van der Waals surface area contributed by atoms with Gasteiger partial charge < -0.3 is 24.3 Å². The van der Waals surface area contributed by atoms with Gasteiger partial charge in [-0.3, -0.25) is 4.79 Å². The summed E-state index contributed by atoms with van der Waals surface area (Å²) in [7, 11) is 3.23. The number of halogens is 1. The first-order valence-corrected chi connectivity index (χ1v) is 7.42. The Kier molecular flexibility index (Phi) is 6.76. The number of rotatable bonds is 7. The van der Waals surface area contributed by atoms with Gasteiger partial charge in [-0.15, -0.1) is 0 Å². The quantitative estimate of drug-likeness (QED) is 0.809. The maximum atomic E-state index is 12.8. The van der Waals surface area contributed by atoms with Crippen LogP contribution in [0.2, 0.25) is 0 Å². The van der Waals surface area contributed by atoms with Gasteiger partial charge in [0.2, 0.25) is 0 Å². The van der Waals surface area contributed by atoms with Crippen LogP contribution in [0.1, 0.15) is 0 Å². The van der Waals surface area contributed by atoms with Crippen LogP contribution in [-0.2, 0) is 19.0 Å². The second-order valence-corrected chi connectivity index (χ2v) is 5.32. The normalized spacial score (nSPS) is 24.2. The summed E-state index contributed by atoms with van der Waals surface area (Å²) in [4.78, 5) is 11.8. The fraction of sp³-hybridized carbons (Fsp3) is 0.562. The first-order valence-electron chi connectivity index (χ1n) is 7.42. The summed E-state index contributed by atoms with van der Waals surface area (Å²) in [5.74, 6) is -0.161. The molecule has 0 radical (unpaired) electrons. The smallest absolute Gasteiger partial charge is 0.257 e. The van der Waals surface area contributed by atoms with E-state index in [0.717, 1.165) is 0 Å². The lowest BCUT2D eigenvalue weighted by atomic mass is 9.96. The van der Waals surface area contributed by atoms with Crippen molar-refractivity contribution < 1.29 is 28.1 Å². The minimum Gasteiger partial charge on any atom is -0.484 e. The molecule has 3 atom stereocenters. The molecule has 0 unspecified atom stereocenters. The molecule has 1 aromatic rings. The Bertz CT molecular complexity index is 496. The molecule has 0 saturated carbocycles. The number of amides is 1. The van der Waals surface area contributed by atoms with E-state index in [1.54, 1.807) is 14.2 Å². The van der Waals surface area contributed by atoms with Crippen LogP contribution in [0.15, 0.2) is 24.3 Å². The predicted octanol–water partition coefficient (Wildman–Crippen LogP) is 0.997. The van der Waals surface area contributed by atoms with Gasteiger partial charge in [-0.25, -0.2) is 4.39 Å². The summed E-state index contributed by atoms with van der Waals surface area (Å²) >= 11 is 0. The van der Waals surface area contributed by atoms with Crippen molar-refractivity contribution in [3.8, 4) is 5.75 Å². The number of carbonyl (C=O) groups is 1. The molecule has 0 spiro atoms. The fourth-order valence-electron chi connectivity index (χ4n) is 2.53. The summed E-state index contributed by atoms with van der Waals surface area (Å²) < 4.78 is 34.3. The fourth-order valence-corrected chi connectivity index (χ4v) is 2.53. The van der Waals surface area contributed by atoms with Crippen molar-refractivity contribution in [2.45, 2.75) is 12.2 Å². The first kappa shape index (κ1) is 17.7. The van der Waals surface area contributed by atoms with Gasteiger partial charge in [-0.05, 0) is 24.3 Å². The highest BCUT2D eigenvalue weighted by molar-refractivity contribution is 5.77. The molecule has 2 rings (SSSR count). The zero-order valence-corrected chi connectivity index (χ0v) is 13.3. The number of nitrogens with one attached hydrogen (secondary N) is 1. The third-order valence-electron chi connectivity index (χ3n) is 3.76. The van der Waals surface area contributed by atoms with Gasteiger partial charge >= 0.3 is 0 Å². The van der Waals surface area contributed by atoms with Gasteiger partial charge in [0.15, 0.2) is 6.61 Å². The van der Waals surface area contributed by atoms with Crippen LogP contribution >= 0.6 is 0 Å². The molecule has 1 amide bonds. The Labute approximate surface area is 134 Å². The number of hydrogen-bond acceptors (Lipinski definition) is 5. The first-order chi connectivity index (χ1) is 11.1. The summed E-state index contributed by atoms with van der Waals surface area (Å²) in [6.07, 6.45) is -0.279. The minimum atomic E-state index is -0.350. The third kappa shape index (κ3) is 5.16. The lowest BCUT2D eigenvalue weighted by Gasteiger charge is -2.36. The molecule has 7 heteroatoms. The number of benzene rings is 1. The summed E-state index contributed by atoms with van der Waals surface area (Å²) in [6, 6.07) is 5.50. The maximum Gasteiger partial charge on any atom is 0.257 e. The Morgan fingerprint density at radius 1 is 1.26 bits per heavy atom. The highest BCUT2D eigenvalue weighted by atomic mass is 19.1. The topological polar surface area (TPSA) is 66.0 Å². The van der Waals surface area contributed by atoms with Gasteiger partial charge in [0.05, 0.1) is 19.3 Å². The zero-order chi connectivity index (χ0) is 16.7. The van der Waals surface area contributed by atoms with Crippen molar-refractivity contribution in [3.05, 3.63) is 30.1 Å². The molecule has 23 heavy (non-hydrogen) atoms. The SMILES string of the molecule is CO[C@H]1[C@H](CNC(=O)COc2ccc(F)cc2)COC[C@H]1OC. The lowest BCUT2D eigenvalue weighted by molar-refractivity contribution is -0.147. The molecule has 1 fully saturated rings. The van der Waals surface area contributed by atoms with Crippen LogP contribution < -0.4 is 10.1 Å². The second kappa shape index (κ2) is 8.81. The van der Waals surface area contributed by atoms with Crippen molar-refractivity contribution in [1.29, 1.82) is 0 Å². The predicted molar refractivity (Wildman–Crippen MR) is 80.8 cm³/mol. The standard InChI is InChI=1S/C16H22FNO5/c1-20-14-9-22-8-11(16(14)21-2)7-18-15(19)10-23-13-5-3-12(17)4-6-13/h3-6,11,14,16H,7-10H2,1-2H3,(H,18,19)/t11-,14-,16+/m1/s1. The average Bonchev–Trinajstić information content (AvgIpc) is 2.58. The van der Waals surface area contributed by atoms with E-state index in [0.29, 0.717) is 25.5 Å². The third-order valence-corrected chi connectivity index (χ3v) is 3.76. The molecule has 1 N–H and O–H groups in total. The van der Waals surface area contributed by atoms with Crippen LogP contribution in [0, 0.1) is 11.7 Å². The molecule has 1 aromatic carbocycles. The largest absolute Gasteiger partial charge is 0.484 e. The van der Waals surface area contributed by atoms with Gasteiger partial charge in [0.25, 0.3) is 5.91 Å². The molecule has 0 bridgehead atoms. The van der Waals surface area contributed by atoms with Crippen LogP contribution in [0.4, 0.5) is 4.39 Å². The van der Waals surface area contributed by atoms with Crippen LogP contribution in [0.5, 0.6) is 5.75 Å². The number of carbonyl (C=O) groups excluding carboxylic acids is 1. The average molecular weight is 327 g/mol.